The Morgan fingerprint density at radius 1 is 0.714 bits per heavy atom. The zero-order valence-corrected chi connectivity index (χ0v) is 14.1. The highest BCUT2D eigenvalue weighted by atomic mass is 32.2. The first-order chi connectivity index (χ1) is 10.1. The summed E-state index contributed by atoms with van der Waals surface area (Å²) in [7, 11) is 0. The molecule has 0 aliphatic rings. The van der Waals surface area contributed by atoms with Gasteiger partial charge in [0.25, 0.3) is 0 Å². The Bertz CT molecular complexity index is 248. The molecule has 0 unspecified atom stereocenters. The van der Waals surface area contributed by atoms with E-state index in [0.717, 1.165) is 63.2 Å². The Morgan fingerprint density at radius 2 is 1.14 bits per heavy atom. The van der Waals surface area contributed by atoms with Crippen molar-refractivity contribution in [1.82, 2.24) is 0 Å². The van der Waals surface area contributed by atoms with Crippen molar-refractivity contribution >= 4 is 35.5 Å². The Labute approximate surface area is 135 Å². The zero-order chi connectivity index (χ0) is 15.8. The first kappa shape index (κ1) is 20.6. The number of rotatable bonds is 16. The van der Waals surface area contributed by atoms with Crippen LogP contribution < -0.4 is 0 Å². The number of carboxylic acid groups (broad SMARTS) is 2. The maximum Gasteiger partial charge on any atom is 0.313 e. The molecule has 0 aromatic carbocycles. The van der Waals surface area contributed by atoms with E-state index in [9.17, 15) is 9.59 Å². The summed E-state index contributed by atoms with van der Waals surface area (Å²) in [6.45, 7) is 1.55. The van der Waals surface area contributed by atoms with Gasteiger partial charge in [0.1, 0.15) is 0 Å². The van der Waals surface area contributed by atoms with Crippen molar-refractivity contribution in [2.24, 2.45) is 0 Å². The lowest BCUT2D eigenvalue weighted by Crippen LogP contribution is -2.00. The molecule has 7 heteroatoms. The minimum absolute atomic E-state index is 0.196. The van der Waals surface area contributed by atoms with Crippen LogP contribution in [0.1, 0.15) is 38.5 Å². The molecule has 0 amide bonds. The minimum atomic E-state index is -0.746. The second-order valence-electron chi connectivity index (χ2n) is 4.63. The highest BCUT2D eigenvalue weighted by molar-refractivity contribution is 8.00. The molecule has 5 nitrogen and oxygen atoms in total. The lowest BCUT2D eigenvalue weighted by Gasteiger charge is -2.04. The van der Waals surface area contributed by atoms with E-state index in [-0.39, 0.29) is 11.5 Å². The van der Waals surface area contributed by atoms with Crippen molar-refractivity contribution < 1.29 is 24.5 Å². The van der Waals surface area contributed by atoms with E-state index in [1.165, 1.54) is 23.5 Å². The number of ether oxygens (including phenoxy) is 1. The number of aliphatic carboxylic acids is 2. The van der Waals surface area contributed by atoms with Crippen LogP contribution in [0.5, 0.6) is 0 Å². The number of hydrogen-bond acceptors (Lipinski definition) is 5. The molecule has 0 aromatic rings. The maximum atomic E-state index is 10.3. The molecule has 0 saturated heterocycles. The highest BCUT2D eigenvalue weighted by Gasteiger charge is 1.98. The Kier molecular flexibility index (Phi) is 15.7. The van der Waals surface area contributed by atoms with Gasteiger partial charge in [-0.05, 0) is 37.2 Å². The monoisotopic (exact) mass is 338 g/mol. The van der Waals surface area contributed by atoms with Gasteiger partial charge < -0.3 is 14.9 Å². The quantitative estimate of drug-likeness (QED) is 0.419. The average Bonchev–Trinajstić information content (AvgIpc) is 2.42. The smallest absolute Gasteiger partial charge is 0.313 e. The number of unbranched alkanes of at least 4 members (excludes halogenated alkanes) is 4. The van der Waals surface area contributed by atoms with Gasteiger partial charge in [0.05, 0.1) is 11.5 Å². The van der Waals surface area contributed by atoms with Crippen LogP contribution in [-0.2, 0) is 14.3 Å². The summed E-state index contributed by atoms with van der Waals surface area (Å²) in [6.07, 6.45) is 6.31. The fourth-order valence-corrected chi connectivity index (χ4v) is 3.05. The van der Waals surface area contributed by atoms with Gasteiger partial charge >= 0.3 is 11.9 Å². The molecule has 0 bridgehead atoms. The van der Waals surface area contributed by atoms with Crippen molar-refractivity contribution in [1.29, 1.82) is 0 Å². The van der Waals surface area contributed by atoms with E-state index in [1.807, 2.05) is 0 Å². The lowest BCUT2D eigenvalue weighted by atomic mass is 10.2. The van der Waals surface area contributed by atoms with Crippen molar-refractivity contribution in [3.63, 3.8) is 0 Å². The third-order valence-corrected chi connectivity index (χ3v) is 4.66. The van der Waals surface area contributed by atoms with Gasteiger partial charge in [0.2, 0.25) is 0 Å². The molecule has 0 aliphatic heterocycles. The van der Waals surface area contributed by atoms with E-state index in [2.05, 4.69) is 0 Å². The molecule has 0 atom stereocenters. The Hall–Kier alpha value is -0.400. The summed E-state index contributed by atoms with van der Waals surface area (Å²) in [5.41, 5.74) is 0. The normalized spacial score (nSPS) is 10.7. The first-order valence-corrected chi connectivity index (χ1v) is 9.60. The van der Waals surface area contributed by atoms with Crippen LogP contribution in [0.3, 0.4) is 0 Å². The number of carboxylic acids is 2. The summed E-state index contributed by atoms with van der Waals surface area (Å²) in [5.74, 6) is 0.706. The third kappa shape index (κ3) is 19.6. The summed E-state index contributed by atoms with van der Waals surface area (Å²) >= 11 is 2.93. The molecular weight excluding hydrogens is 312 g/mol. The molecule has 0 rings (SSSR count). The predicted octanol–water partition coefficient (Wildman–Crippen LogP) is 2.98. The van der Waals surface area contributed by atoms with Crippen molar-refractivity contribution in [3.05, 3.63) is 0 Å². The summed E-state index contributed by atoms with van der Waals surface area (Å²) in [5, 5.41) is 16.9. The molecule has 0 spiro atoms. The third-order valence-electron chi connectivity index (χ3n) is 2.61. The second-order valence-corrected chi connectivity index (χ2v) is 6.84. The van der Waals surface area contributed by atoms with Gasteiger partial charge in [0, 0.05) is 13.2 Å². The molecule has 0 aliphatic carbocycles. The van der Waals surface area contributed by atoms with Gasteiger partial charge in [-0.1, -0.05) is 12.8 Å². The van der Waals surface area contributed by atoms with E-state index in [0.29, 0.717) is 0 Å². The SMILES string of the molecule is O=C(O)CSCCCCCOCCCCCSCC(=O)O. The van der Waals surface area contributed by atoms with Gasteiger partial charge in [-0.25, -0.2) is 0 Å². The largest absolute Gasteiger partial charge is 0.481 e. The van der Waals surface area contributed by atoms with Crippen LogP contribution in [0, 0.1) is 0 Å². The van der Waals surface area contributed by atoms with Crippen LogP contribution in [0.25, 0.3) is 0 Å². The molecule has 0 saturated carbocycles. The van der Waals surface area contributed by atoms with Crippen LogP contribution in [0.4, 0.5) is 0 Å². The van der Waals surface area contributed by atoms with E-state index in [1.54, 1.807) is 0 Å². The molecule has 0 radical (unpaired) electrons. The fourth-order valence-electron chi connectivity index (χ4n) is 1.59. The molecular formula is C14H26O5S2. The van der Waals surface area contributed by atoms with Gasteiger partial charge in [0.15, 0.2) is 0 Å². The Morgan fingerprint density at radius 3 is 1.52 bits per heavy atom. The molecule has 0 fully saturated rings. The van der Waals surface area contributed by atoms with Crippen LogP contribution in [0.2, 0.25) is 0 Å². The van der Waals surface area contributed by atoms with Gasteiger partial charge in [-0.15, -0.1) is 0 Å². The van der Waals surface area contributed by atoms with Crippen molar-refractivity contribution in [2.75, 3.05) is 36.2 Å². The van der Waals surface area contributed by atoms with Gasteiger partial charge in [-0.3, -0.25) is 9.59 Å². The topological polar surface area (TPSA) is 83.8 Å². The van der Waals surface area contributed by atoms with Crippen molar-refractivity contribution in [2.45, 2.75) is 38.5 Å². The fraction of sp³-hybridized carbons (Fsp3) is 0.857. The highest BCUT2D eigenvalue weighted by Crippen LogP contribution is 2.07. The van der Waals surface area contributed by atoms with Gasteiger partial charge in [-0.2, -0.15) is 23.5 Å². The number of carbonyl (C=O) groups is 2. The molecule has 21 heavy (non-hydrogen) atoms. The van der Waals surface area contributed by atoms with E-state index < -0.39 is 11.9 Å². The standard InChI is InChI=1S/C14H26O5S2/c15-13(16)11-20-9-5-1-3-7-19-8-4-2-6-10-21-12-14(17)18/h1-12H2,(H,15,16)(H,17,18). The summed E-state index contributed by atoms with van der Waals surface area (Å²) in [4.78, 5) is 20.6. The zero-order valence-electron chi connectivity index (χ0n) is 12.4. The number of hydrogen-bond donors (Lipinski definition) is 2. The van der Waals surface area contributed by atoms with E-state index in [4.69, 9.17) is 14.9 Å². The average molecular weight is 338 g/mol. The van der Waals surface area contributed by atoms with E-state index >= 15 is 0 Å². The van der Waals surface area contributed by atoms with Crippen LogP contribution in [-0.4, -0.2) is 58.4 Å². The summed E-state index contributed by atoms with van der Waals surface area (Å²) in [6, 6.07) is 0. The molecule has 124 valence electrons. The molecule has 0 heterocycles. The maximum absolute atomic E-state index is 10.3. The Balaban J connectivity index is 2.99. The van der Waals surface area contributed by atoms with Crippen LogP contribution in [0.15, 0.2) is 0 Å². The predicted molar refractivity (Wildman–Crippen MR) is 88.4 cm³/mol. The molecule has 2 N–H and O–H groups in total. The summed E-state index contributed by atoms with van der Waals surface area (Å²) < 4.78 is 5.52. The van der Waals surface area contributed by atoms with Crippen molar-refractivity contribution in [3.8, 4) is 0 Å². The lowest BCUT2D eigenvalue weighted by molar-refractivity contribution is -0.134. The van der Waals surface area contributed by atoms with Crippen LogP contribution >= 0.6 is 23.5 Å². The minimum Gasteiger partial charge on any atom is -0.481 e. The molecule has 0 aromatic heterocycles. The second kappa shape index (κ2) is 16.0. The first-order valence-electron chi connectivity index (χ1n) is 7.29. The number of thioether (sulfide) groups is 2.